The van der Waals surface area contributed by atoms with E-state index in [0.29, 0.717) is 0 Å². The first-order valence-corrected chi connectivity index (χ1v) is 5.40. The quantitative estimate of drug-likeness (QED) is 0.753. The van der Waals surface area contributed by atoms with E-state index in [4.69, 9.17) is 0 Å². The molecular formula is C15H12N. The van der Waals surface area contributed by atoms with Crippen molar-refractivity contribution in [2.24, 2.45) is 0 Å². The minimum atomic E-state index is 1.15. The molecule has 0 unspecified atom stereocenters. The number of hydrogen-bond acceptors (Lipinski definition) is 1. The van der Waals surface area contributed by atoms with Gasteiger partial charge < -0.3 is 5.32 Å². The van der Waals surface area contributed by atoms with E-state index in [2.05, 4.69) is 53.9 Å². The van der Waals surface area contributed by atoms with Gasteiger partial charge >= 0.3 is 0 Å². The first-order valence-electron chi connectivity index (χ1n) is 5.40. The van der Waals surface area contributed by atoms with Gasteiger partial charge in [0.15, 0.2) is 0 Å². The lowest BCUT2D eigenvalue weighted by Gasteiger charge is -2.14. The van der Waals surface area contributed by atoms with Gasteiger partial charge in [-0.2, -0.15) is 0 Å². The molecule has 0 amide bonds. The SMILES string of the molecule is [CH]1C=CC=C(c2cccc3ccccc23)N1. The highest BCUT2D eigenvalue weighted by Gasteiger charge is 2.05. The van der Waals surface area contributed by atoms with Gasteiger partial charge in [-0.15, -0.1) is 0 Å². The molecular weight excluding hydrogens is 194 g/mol. The number of fused-ring (bicyclic) bond motifs is 1. The minimum absolute atomic E-state index is 1.15. The summed E-state index contributed by atoms with van der Waals surface area (Å²) in [6.07, 6.45) is 6.14. The Kier molecular flexibility index (Phi) is 2.22. The fourth-order valence-corrected chi connectivity index (χ4v) is 2.02. The molecule has 0 spiro atoms. The summed E-state index contributed by atoms with van der Waals surface area (Å²) in [5, 5.41) is 5.84. The fourth-order valence-electron chi connectivity index (χ4n) is 2.02. The monoisotopic (exact) mass is 206 g/mol. The average molecular weight is 206 g/mol. The maximum atomic E-state index is 3.28. The Balaban J connectivity index is 2.23. The van der Waals surface area contributed by atoms with Crippen LogP contribution in [-0.4, -0.2) is 0 Å². The highest BCUT2D eigenvalue weighted by molar-refractivity contribution is 5.94. The van der Waals surface area contributed by atoms with Crippen molar-refractivity contribution in [2.75, 3.05) is 0 Å². The Hall–Kier alpha value is -2.02. The van der Waals surface area contributed by atoms with Crippen molar-refractivity contribution < 1.29 is 0 Å². The maximum absolute atomic E-state index is 3.28. The van der Waals surface area contributed by atoms with Crippen LogP contribution < -0.4 is 5.32 Å². The molecule has 0 saturated carbocycles. The molecule has 1 radical (unpaired) electrons. The average Bonchev–Trinajstić information content (AvgIpc) is 2.39. The first kappa shape index (κ1) is 9.22. The molecule has 16 heavy (non-hydrogen) atoms. The van der Waals surface area contributed by atoms with Crippen molar-refractivity contribution in [1.82, 2.24) is 5.32 Å². The van der Waals surface area contributed by atoms with Crippen LogP contribution in [0.3, 0.4) is 0 Å². The molecule has 1 aliphatic rings. The van der Waals surface area contributed by atoms with E-state index < -0.39 is 0 Å². The van der Waals surface area contributed by atoms with Gasteiger partial charge in [0.2, 0.25) is 0 Å². The van der Waals surface area contributed by atoms with Crippen LogP contribution in [0.15, 0.2) is 60.7 Å². The zero-order valence-corrected chi connectivity index (χ0v) is 8.85. The lowest BCUT2D eigenvalue weighted by Crippen LogP contribution is -2.09. The number of benzene rings is 2. The lowest BCUT2D eigenvalue weighted by atomic mass is 10.0. The van der Waals surface area contributed by atoms with Crippen molar-refractivity contribution in [3.63, 3.8) is 0 Å². The highest BCUT2D eigenvalue weighted by Crippen LogP contribution is 2.24. The Morgan fingerprint density at radius 3 is 2.56 bits per heavy atom. The van der Waals surface area contributed by atoms with Gasteiger partial charge in [0, 0.05) is 11.3 Å². The van der Waals surface area contributed by atoms with Gasteiger partial charge in [-0.25, -0.2) is 0 Å². The van der Waals surface area contributed by atoms with Crippen LogP contribution in [0.4, 0.5) is 0 Å². The number of dihydropyridines is 1. The third kappa shape index (κ3) is 1.50. The van der Waals surface area contributed by atoms with Crippen LogP contribution >= 0.6 is 0 Å². The van der Waals surface area contributed by atoms with Crippen LogP contribution in [-0.2, 0) is 0 Å². The molecule has 1 N–H and O–H groups in total. The van der Waals surface area contributed by atoms with Crippen LogP contribution in [0.1, 0.15) is 5.56 Å². The summed E-state index contributed by atoms with van der Waals surface area (Å²) in [4.78, 5) is 0. The summed E-state index contributed by atoms with van der Waals surface area (Å²) < 4.78 is 0. The zero-order chi connectivity index (χ0) is 10.8. The van der Waals surface area contributed by atoms with Crippen molar-refractivity contribution in [3.8, 4) is 0 Å². The van der Waals surface area contributed by atoms with Crippen molar-refractivity contribution in [1.29, 1.82) is 0 Å². The van der Waals surface area contributed by atoms with Crippen molar-refractivity contribution in [2.45, 2.75) is 0 Å². The minimum Gasteiger partial charge on any atom is -0.376 e. The number of rotatable bonds is 1. The molecule has 77 valence electrons. The molecule has 0 aromatic heterocycles. The van der Waals surface area contributed by atoms with E-state index in [-0.39, 0.29) is 0 Å². The zero-order valence-electron chi connectivity index (χ0n) is 8.85. The third-order valence-electron chi connectivity index (χ3n) is 2.79. The molecule has 2 aromatic rings. The smallest absolute Gasteiger partial charge is 0.0685 e. The largest absolute Gasteiger partial charge is 0.376 e. The molecule has 0 fully saturated rings. The van der Waals surface area contributed by atoms with Crippen LogP contribution in [0, 0.1) is 6.54 Å². The number of hydrogen-bond donors (Lipinski definition) is 1. The standard InChI is InChI=1S/C15H12N/c1-2-8-13-12(6-1)7-5-9-14(13)15-10-3-4-11-16-15/h1-11,16H. The Morgan fingerprint density at radius 2 is 1.69 bits per heavy atom. The molecule has 2 aromatic carbocycles. The fraction of sp³-hybridized carbons (Fsp3) is 0. The lowest BCUT2D eigenvalue weighted by molar-refractivity contribution is 1.12. The predicted octanol–water partition coefficient (Wildman–Crippen LogP) is 3.50. The van der Waals surface area contributed by atoms with Crippen molar-refractivity contribution in [3.05, 3.63) is 72.8 Å². The molecule has 1 heterocycles. The van der Waals surface area contributed by atoms with E-state index in [1.165, 1.54) is 16.3 Å². The van der Waals surface area contributed by atoms with E-state index in [0.717, 1.165) is 5.70 Å². The summed E-state index contributed by atoms with van der Waals surface area (Å²) in [6.45, 7) is 1.96. The molecule has 0 atom stereocenters. The molecule has 3 rings (SSSR count). The summed E-state index contributed by atoms with van der Waals surface area (Å²) in [7, 11) is 0. The van der Waals surface area contributed by atoms with Crippen molar-refractivity contribution >= 4 is 16.5 Å². The Labute approximate surface area is 95.1 Å². The summed E-state index contributed by atoms with van der Waals surface area (Å²) in [6, 6.07) is 14.8. The Morgan fingerprint density at radius 1 is 0.812 bits per heavy atom. The summed E-state index contributed by atoms with van der Waals surface area (Å²) >= 11 is 0. The second-order valence-electron chi connectivity index (χ2n) is 3.80. The third-order valence-corrected chi connectivity index (χ3v) is 2.79. The van der Waals surface area contributed by atoms with Gasteiger partial charge in [0.05, 0.1) is 6.54 Å². The Bertz CT molecular complexity index is 574. The predicted molar refractivity (Wildman–Crippen MR) is 68.5 cm³/mol. The van der Waals surface area contributed by atoms with E-state index in [1.54, 1.807) is 0 Å². The van der Waals surface area contributed by atoms with Crippen LogP contribution in [0.2, 0.25) is 0 Å². The summed E-state index contributed by atoms with van der Waals surface area (Å²) in [5.74, 6) is 0. The molecule has 1 heteroatoms. The van der Waals surface area contributed by atoms with Crippen LogP contribution in [0.25, 0.3) is 16.5 Å². The van der Waals surface area contributed by atoms with Gasteiger partial charge in [0.1, 0.15) is 0 Å². The number of allylic oxidation sites excluding steroid dienone is 2. The number of nitrogens with one attached hydrogen (secondary N) is 1. The molecule has 1 nitrogen and oxygen atoms in total. The molecule has 0 aliphatic carbocycles. The van der Waals surface area contributed by atoms with Gasteiger partial charge in [-0.3, -0.25) is 0 Å². The first-order chi connectivity index (χ1) is 7.95. The van der Waals surface area contributed by atoms with Crippen LogP contribution in [0.5, 0.6) is 0 Å². The van der Waals surface area contributed by atoms with Gasteiger partial charge in [-0.05, 0) is 16.8 Å². The molecule has 1 aliphatic heterocycles. The molecule has 0 saturated heterocycles. The topological polar surface area (TPSA) is 12.0 Å². The van der Waals surface area contributed by atoms with E-state index >= 15 is 0 Å². The van der Waals surface area contributed by atoms with Gasteiger partial charge in [0.25, 0.3) is 0 Å². The maximum Gasteiger partial charge on any atom is 0.0685 e. The molecule has 0 bridgehead atoms. The van der Waals surface area contributed by atoms with Gasteiger partial charge in [-0.1, -0.05) is 54.6 Å². The van der Waals surface area contributed by atoms with E-state index in [1.807, 2.05) is 18.7 Å². The summed E-state index contributed by atoms with van der Waals surface area (Å²) in [5.41, 5.74) is 2.40. The highest BCUT2D eigenvalue weighted by atomic mass is 14.9. The second kappa shape index (κ2) is 3.86. The normalized spacial score (nSPS) is 14.6. The second-order valence-corrected chi connectivity index (χ2v) is 3.80. The van der Waals surface area contributed by atoms with E-state index in [9.17, 15) is 0 Å².